The van der Waals surface area contributed by atoms with Crippen molar-refractivity contribution in [2.24, 2.45) is 5.73 Å². The number of primary amides is 1. The summed E-state index contributed by atoms with van der Waals surface area (Å²) >= 11 is 0. The van der Waals surface area contributed by atoms with Gasteiger partial charge in [0, 0.05) is 13.0 Å². The highest BCUT2D eigenvalue weighted by Crippen LogP contribution is 2.04. The van der Waals surface area contributed by atoms with E-state index in [9.17, 15) is 14.4 Å². The molecule has 1 atom stereocenters. The Balaban J connectivity index is 2.53. The van der Waals surface area contributed by atoms with Crippen LogP contribution >= 0.6 is 0 Å². The topological polar surface area (TPSA) is 92.5 Å². The van der Waals surface area contributed by atoms with Gasteiger partial charge in [-0.2, -0.15) is 0 Å². The maximum Gasteiger partial charge on any atom is 0.243 e. The van der Waals surface area contributed by atoms with E-state index >= 15 is 0 Å². The van der Waals surface area contributed by atoms with Crippen molar-refractivity contribution < 1.29 is 14.4 Å². The van der Waals surface area contributed by atoms with E-state index in [1.165, 1.54) is 0 Å². The molecular weight excluding hydrogens is 186 g/mol. The SMILES string of the molecule is CC1C(=O)NC(=O)CN1CCC(N)=O. The Morgan fingerprint density at radius 3 is 2.86 bits per heavy atom. The predicted molar refractivity (Wildman–Crippen MR) is 48.0 cm³/mol. The summed E-state index contributed by atoms with van der Waals surface area (Å²) in [5.41, 5.74) is 4.97. The Bertz CT molecular complexity index is 277. The molecule has 0 spiro atoms. The second-order valence-corrected chi connectivity index (χ2v) is 3.28. The summed E-state index contributed by atoms with van der Waals surface area (Å²) in [6.45, 7) is 2.17. The molecule has 78 valence electrons. The molecule has 1 fully saturated rings. The number of hydrogen-bond donors (Lipinski definition) is 2. The van der Waals surface area contributed by atoms with Gasteiger partial charge in [0.15, 0.2) is 0 Å². The molecule has 6 heteroatoms. The molecule has 0 saturated carbocycles. The summed E-state index contributed by atoms with van der Waals surface area (Å²) in [6, 6.07) is -0.382. The number of nitrogens with zero attached hydrogens (tertiary/aromatic N) is 1. The Labute approximate surface area is 81.4 Å². The summed E-state index contributed by atoms with van der Waals surface area (Å²) in [5.74, 6) is -1.10. The van der Waals surface area contributed by atoms with Crippen LogP contribution in [0.1, 0.15) is 13.3 Å². The van der Waals surface area contributed by atoms with Crippen molar-refractivity contribution in [3.63, 3.8) is 0 Å². The molecule has 1 saturated heterocycles. The van der Waals surface area contributed by atoms with Crippen molar-refractivity contribution >= 4 is 17.7 Å². The van der Waals surface area contributed by atoms with Crippen LogP contribution in [0.4, 0.5) is 0 Å². The molecule has 1 rings (SSSR count). The average molecular weight is 199 g/mol. The zero-order valence-corrected chi connectivity index (χ0v) is 7.95. The van der Waals surface area contributed by atoms with Gasteiger partial charge in [-0.3, -0.25) is 24.6 Å². The van der Waals surface area contributed by atoms with Crippen LogP contribution in [-0.4, -0.2) is 41.8 Å². The van der Waals surface area contributed by atoms with Crippen molar-refractivity contribution in [1.82, 2.24) is 10.2 Å². The molecule has 0 aliphatic carbocycles. The van der Waals surface area contributed by atoms with Gasteiger partial charge in [-0.15, -0.1) is 0 Å². The number of hydrogen-bond acceptors (Lipinski definition) is 4. The first kappa shape index (κ1) is 10.6. The molecule has 1 aliphatic heterocycles. The van der Waals surface area contributed by atoms with Crippen LogP contribution in [0, 0.1) is 0 Å². The second-order valence-electron chi connectivity index (χ2n) is 3.28. The molecule has 1 unspecified atom stereocenters. The van der Waals surface area contributed by atoms with Gasteiger partial charge in [-0.05, 0) is 6.92 Å². The third-order valence-electron chi connectivity index (χ3n) is 2.18. The Morgan fingerprint density at radius 1 is 1.64 bits per heavy atom. The largest absolute Gasteiger partial charge is 0.370 e. The molecular formula is C8H13N3O3. The molecule has 1 heterocycles. The fourth-order valence-corrected chi connectivity index (χ4v) is 1.30. The Hall–Kier alpha value is -1.43. The van der Waals surface area contributed by atoms with E-state index in [-0.39, 0.29) is 30.8 Å². The van der Waals surface area contributed by atoms with E-state index in [0.717, 1.165) is 0 Å². The van der Waals surface area contributed by atoms with Gasteiger partial charge in [-0.25, -0.2) is 0 Å². The van der Waals surface area contributed by atoms with Gasteiger partial charge in [0.25, 0.3) is 0 Å². The van der Waals surface area contributed by atoms with Crippen LogP contribution in [0.2, 0.25) is 0 Å². The lowest BCUT2D eigenvalue weighted by Crippen LogP contribution is -2.57. The molecule has 0 bridgehead atoms. The van der Waals surface area contributed by atoms with Crippen molar-refractivity contribution in [2.75, 3.05) is 13.1 Å². The van der Waals surface area contributed by atoms with Crippen molar-refractivity contribution in [2.45, 2.75) is 19.4 Å². The number of nitrogens with one attached hydrogen (secondary N) is 1. The summed E-state index contributed by atoms with van der Waals surface area (Å²) in [5, 5.41) is 2.21. The zero-order valence-electron chi connectivity index (χ0n) is 7.95. The van der Waals surface area contributed by atoms with Crippen LogP contribution in [0.15, 0.2) is 0 Å². The molecule has 1 aliphatic rings. The average Bonchev–Trinajstić information content (AvgIpc) is 2.08. The number of rotatable bonds is 3. The monoisotopic (exact) mass is 199 g/mol. The molecule has 0 aromatic rings. The number of nitrogens with two attached hydrogens (primary N) is 1. The fourth-order valence-electron chi connectivity index (χ4n) is 1.30. The fraction of sp³-hybridized carbons (Fsp3) is 0.625. The molecule has 14 heavy (non-hydrogen) atoms. The summed E-state index contributed by atoms with van der Waals surface area (Å²) in [4.78, 5) is 34.3. The third kappa shape index (κ3) is 2.53. The van der Waals surface area contributed by atoms with Crippen LogP contribution < -0.4 is 11.1 Å². The van der Waals surface area contributed by atoms with Gasteiger partial charge < -0.3 is 5.73 Å². The lowest BCUT2D eigenvalue weighted by molar-refractivity contribution is -0.140. The van der Waals surface area contributed by atoms with Gasteiger partial charge >= 0.3 is 0 Å². The summed E-state index contributed by atoms with van der Waals surface area (Å²) < 4.78 is 0. The van der Waals surface area contributed by atoms with E-state index in [1.807, 2.05) is 0 Å². The predicted octanol–water partition coefficient (Wildman–Crippen LogP) is -1.79. The van der Waals surface area contributed by atoms with Crippen molar-refractivity contribution in [3.05, 3.63) is 0 Å². The van der Waals surface area contributed by atoms with Gasteiger partial charge in [-0.1, -0.05) is 0 Å². The minimum absolute atomic E-state index is 0.139. The normalized spacial score (nSPS) is 23.4. The first-order valence-electron chi connectivity index (χ1n) is 4.36. The summed E-state index contributed by atoms with van der Waals surface area (Å²) in [7, 11) is 0. The number of carbonyl (C=O) groups is 3. The van der Waals surface area contributed by atoms with Crippen LogP contribution in [0.3, 0.4) is 0 Å². The highest BCUT2D eigenvalue weighted by Gasteiger charge is 2.29. The number of amides is 3. The molecule has 0 radical (unpaired) electrons. The van der Waals surface area contributed by atoms with Crippen LogP contribution in [-0.2, 0) is 14.4 Å². The van der Waals surface area contributed by atoms with E-state index in [4.69, 9.17) is 5.73 Å². The maximum absolute atomic E-state index is 11.2. The van der Waals surface area contributed by atoms with E-state index in [0.29, 0.717) is 6.54 Å². The highest BCUT2D eigenvalue weighted by atomic mass is 16.2. The number of carbonyl (C=O) groups excluding carboxylic acids is 3. The Morgan fingerprint density at radius 2 is 2.29 bits per heavy atom. The minimum Gasteiger partial charge on any atom is -0.370 e. The molecule has 3 amide bonds. The standard InChI is InChI=1S/C8H13N3O3/c1-5-8(14)10-7(13)4-11(5)3-2-6(9)12/h5H,2-4H2,1H3,(H2,9,12)(H,10,13,14). The number of piperazine rings is 1. The lowest BCUT2D eigenvalue weighted by atomic mass is 10.2. The second kappa shape index (κ2) is 4.19. The minimum atomic E-state index is -0.435. The third-order valence-corrected chi connectivity index (χ3v) is 2.18. The van der Waals surface area contributed by atoms with Crippen molar-refractivity contribution in [3.8, 4) is 0 Å². The summed E-state index contributed by atoms with van der Waals surface area (Å²) in [6.07, 6.45) is 0.158. The first-order chi connectivity index (χ1) is 6.50. The first-order valence-corrected chi connectivity index (χ1v) is 4.36. The van der Waals surface area contributed by atoms with E-state index in [1.54, 1.807) is 11.8 Å². The quantitative estimate of drug-likeness (QED) is 0.525. The Kier molecular flexibility index (Phi) is 3.19. The maximum atomic E-state index is 11.2. The molecule has 0 aromatic carbocycles. The van der Waals surface area contributed by atoms with Gasteiger partial charge in [0.05, 0.1) is 12.6 Å². The molecule has 6 nitrogen and oxygen atoms in total. The van der Waals surface area contributed by atoms with Crippen molar-refractivity contribution in [1.29, 1.82) is 0 Å². The highest BCUT2D eigenvalue weighted by molar-refractivity contribution is 6.00. The smallest absolute Gasteiger partial charge is 0.243 e. The molecule has 3 N–H and O–H groups in total. The van der Waals surface area contributed by atoms with E-state index in [2.05, 4.69) is 5.32 Å². The van der Waals surface area contributed by atoms with Crippen LogP contribution in [0.25, 0.3) is 0 Å². The lowest BCUT2D eigenvalue weighted by Gasteiger charge is -2.30. The van der Waals surface area contributed by atoms with Crippen LogP contribution in [0.5, 0.6) is 0 Å². The van der Waals surface area contributed by atoms with E-state index < -0.39 is 5.91 Å². The number of imide groups is 1. The molecule has 0 aromatic heterocycles. The van der Waals surface area contributed by atoms with Gasteiger partial charge in [0.1, 0.15) is 0 Å². The zero-order chi connectivity index (χ0) is 10.7. The van der Waals surface area contributed by atoms with Gasteiger partial charge in [0.2, 0.25) is 17.7 Å².